The molecule has 1 heterocycles. The zero-order valence-corrected chi connectivity index (χ0v) is 21.4. The number of para-hydroxylation sites is 1. The number of amides is 1. The number of carbonyl (C=O) groups is 1. The molecule has 0 aliphatic heterocycles. The highest BCUT2D eigenvalue weighted by Gasteiger charge is 2.18. The summed E-state index contributed by atoms with van der Waals surface area (Å²) in [5.74, 6) is -0.612. The van der Waals surface area contributed by atoms with Crippen molar-refractivity contribution in [1.29, 1.82) is 0 Å². The number of carbonyl (C=O) groups excluding carboxylic acids is 1. The molecule has 11 heteroatoms. The van der Waals surface area contributed by atoms with Crippen LogP contribution in [-0.4, -0.2) is 66.7 Å². The third kappa shape index (κ3) is 7.45. The number of nitrogens with zero attached hydrogens (tertiary/aromatic N) is 2. The minimum absolute atomic E-state index is 0.0497. The number of hydrogen-bond acceptors (Lipinski definition) is 7. The molecule has 194 valence electrons. The van der Waals surface area contributed by atoms with Crippen molar-refractivity contribution in [3.63, 3.8) is 0 Å². The van der Waals surface area contributed by atoms with Gasteiger partial charge >= 0.3 is 0 Å². The number of sulfonamides is 1. The number of nitrogens with one attached hydrogen (secondary N) is 3. The van der Waals surface area contributed by atoms with Crippen molar-refractivity contribution in [1.82, 2.24) is 20.0 Å². The van der Waals surface area contributed by atoms with Gasteiger partial charge in [-0.2, -0.15) is 5.10 Å². The Morgan fingerprint density at radius 2 is 1.86 bits per heavy atom. The fraction of sp³-hybridized carbons (Fsp3) is 0.360. The number of aliphatic hydroxyl groups excluding tert-OH is 2. The number of benzene rings is 2. The average molecular weight is 516 g/mol. The maximum absolute atomic E-state index is 12.3. The molecule has 0 aliphatic rings. The lowest BCUT2D eigenvalue weighted by Gasteiger charge is -2.25. The molecule has 5 N–H and O–H groups in total. The van der Waals surface area contributed by atoms with E-state index in [1.807, 2.05) is 55.8 Å². The predicted molar refractivity (Wildman–Crippen MR) is 139 cm³/mol. The molecule has 0 bridgehead atoms. The fourth-order valence-electron chi connectivity index (χ4n) is 3.45. The van der Waals surface area contributed by atoms with Crippen LogP contribution in [0, 0.1) is 6.92 Å². The monoisotopic (exact) mass is 515 g/mol. The van der Waals surface area contributed by atoms with Crippen molar-refractivity contribution in [2.45, 2.75) is 43.9 Å². The fourth-order valence-corrected chi connectivity index (χ4v) is 4.43. The van der Waals surface area contributed by atoms with Gasteiger partial charge in [0.1, 0.15) is 0 Å². The van der Waals surface area contributed by atoms with E-state index in [9.17, 15) is 23.4 Å². The summed E-state index contributed by atoms with van der Waals surface area (Å²) in [6, 6.07) is 13.9. The standard InChI is InChI=1S/C25H33N5O5S/c1-18-8-10-21(11-9-18)36(34,35)28-14-24(33)29-27-12-19-15-30(23-7-5-4-6-22(19)23)16-20(32)13-26-25(2,3)17-31/h4-12,15,20,26,28,31-32H,13-14,16-17H2,1-3H3,(H,29,33)/b27-12+. The summed E-state index contributed by atoms with van der Waals surface area (Å²) in [6.07, 6.45) is 2.60. The highest BCUT2D eigenvalue weighted by molar-refractivity contribution is 7.89. The number of aryl methyl sites for hydroxylation is 1. The maximum atomic E-state index is 12.3. The number of rotatable bonds is 12. The second kappa shape index (κ2) is 11.8. The van der Waals surface area contributed by atoms with Gasteiger partial charge < -0.3 is 20.1 Å². The van der Waals surface area contributed by atoms with Crippen molar-refractivity contribution in [3.05, 3.63) is 65.9 Å². The maximum Gasteiger partial charge on any atom is 0.255 e. The van der Waals surface area contributed by atoms with Crippen LogP contribution >= 0.6 is 0 Å². The molecule has 1 aromatic heterocycles. The number of aromatic nitrogens is 1. The van der Waals surface area contributed by atoms with E-state index < -0.39 is 34.1 Å². The molecule has 3 rings (SSSR count). The lowest BCUT2D eigenvalue weighted by atomic mass is 10.1. The van der Waals surface area contributed by atoms with E-state index in [0.717, 1.165) is 22.0 Å². The summed E-state index contributed by atoms with van der Waals surface area (Å²) in [6.45, 7) is 5.66. The van der Waals surface area contributed by atoms with Crippen LogP contribution in [0.15, 0.2) is 64.7 Å². The van der Waals surface area contributed by atoms with Crippen molar-refractivity contribution in [2.75, 3.05) is 19.7 Å². The lowest BCUT2D eigenvalue weighted by Crippen LogP contribution is -2.46. The van der Waals surface area contributed by atoms with Gasteiger partial charge in [0.2, 0.25) is 10.0 Å². The Morgan fingerprint density at radius 3 is 2.56 bits per heavy atom. The highest BCUT2D eigenvalue weighted by Crippen LogP contribution is 2.20. The van der Waals surface area contributed by atoms with Crippen LogP contribution in [0.2, 0.25) is 0 Å². The Morgan fingerprint density at radius 1 is 1.17 bits per heavy atom. The SMILES string of the molecule is Cc1ccc(S(=O)(=O)NCC(=O)N/N=C/c2cn(CC(O)CNC(C)(C)CO)c3ccccc23)cc1. The van der Waals surface area contributed by atoms with Crippen LogP contribution in [0.5, 0.6) is 0 Å². The van der Waals surface area contributed by atoms with E-state index in [0.29, 0.717) is 13.1 Å². The van der Waals surface area contributed by atoms with Crippen LogP contribution in [-0.2, 0) is 21.4 Å². The largest absolute Gasteiger partial charge is 0.394 e. The topological polar surface area (TPSA) is 145 Å². The van der Waals surface area contributed by atoms with E-state index >= 15 is 0 Å². The summed E-state index contributed by atoms with van der Waals surface area (Å²) < 4.78 is 28.8. The first-order valence-electron chi connectivity index (χ1n) is 11.5. The van der Waals surface area contributed by atoms with Crippen LogP contribution < -0.4 is 15.5 Å². The van der Waals surface area contributed by atoms with Crippen molar-refractivity contribution >= 4 is 33.0 Å². The first-order chi connectivity index (χ1) is 17.0. The Hall–Kier alpha value is -3.09. The Labute approximate surface area is 211 Å². The van der Waals surface area contributed by atoms with Crippen LogP contribution in [0.1, 0.15) is 25.0 Å². The summed E-state index contributed by atoms with van der Waals surface area (Å²) >= 11 is 0. The summed E-state index contributed by atoms with van der Waals surface area (Å²) in [5.41, 5.74) is 4.38. The smallest absolute Gasteiger partial charge is 0.255 e. The predicted octanol–water partition coefficient (Wildman–Crippen LogP) is 1.10. The van der Waals surface area contributed by atoms with Crippen molar-refractivity contribution in [2.24, 2.45) is 5.10 Å². The van der Waals surface area contributed by atoms with E-state index in [2.05, 4.69) is 20.6 Å². The Balaban J connectivity index is 1.61. The number of β-amino-alcohol motifs (C(OH)–C–C–N with tert-alkyl or cyclic N) is 1. The molecule has 0 saturated heterocycles. The quantitative estimate of drug-likeness (QED) is 0.180. The molecule has 3 aromatic rings. The third-order valence-corrected chi connectivity index (χ3v) is 7.00. The minimum Gasteiger partial charge on any atom is -0.394 e. The van der Waals surface area contributed by atoms with E-state index in [-0.39, 0.29) is 11.5 Å². The first kappa shape index (κ1) is 27.5. The molecule has 36 heavy (non-hydrogen) atoms. The molecule has 0 fully saturated rings. The van der Waals surface area contributed by atoms with Gasteiger partial charge in [0.15, 0.2) is 0 Å². The molecule has 10 nitrogen and oxygen atoms in total. The van der Waals surface area contributed by atoms with Crippen LogP contribution in [0.25, 0.3) is 10.9 Å². The molecule has 0 aliphatic carbocycles. The first-order valence-corrected chi connectivity index (χ1v) is 13.0. The molecule has 1 unspecified atom stereocenters. The average Bonchev–Trinajstić information content (AvgIpc) is 3.19. The van der Waals surface area contributed by atoms with Gasteiger partial charge in [-0.1, -0.05) is 35.9 Å². The molecule has 0 spiro atoms. The second-order valence-electron chi connectivity index (χ2n) is 9.26. The zero-order valence-electron chi connectivity index (χ0n) is 20.6. The Kier molecular flexibility index (Phi) is 8.98. The number of hydrogen-bond donors (Lipinski definition) is 5. The molecule has 0 radical (unpaired) electrons. The van der Waals surface area contributed by atoms with Crippen LogP contribution in [0.3, 0.4) is 0 Å². The van der Waals surface area contributed by atoms with Crippen molar-refractivity contribution < 1.29 is 23.4 Å². The molecule has 1 amide bonds. The summed E-state index contributed by atoms with van der Waals surface area (Å²) in [4.78, 5) is 12.2. The van der Waals surface area contributed by atoms with E-state index in [1.165, 1.54) is 18.3 Å². The zero-order chi connectivity index (χ0) is 26.3. The van der Waals surface area contributed by atoms with E-state index in [4.69, 9.17) is 0 Å². The third-order valence-electron chi connectivity index (χ3n) is 5.59. The second-order valence-corrected chi connectivity index (χ2v) is 11.0. The van der Waals surface area contributed by atoms with Crippen molar-refractivity contribution in [3.8, 4) is 0 Å². The highest BCUT2D eigenvalue weighted by atomic mass is 32.2. The molecule has 1 atom stereocenters. The number of aliphatic hydroxyl groups is 2. The van der Waals surface area contributed by atoms with Gasteiger partial charge in [0.05, 0.1) is 30.4 Å². The van der Waals surface area contributed by atoms with Crippen LogP contribution in [0.4, 0.5) is 0 Å². The van der Waals surface area contributed by atoms with Gasteiger partial charge in [-0.15, -0.1) is 0 Å². The molecular weight excluding hydrogens is 482 g/mol. The Bertz CT molecular complexity index is 1320. The van der Waals surface area contributed by atoms with E-state index in [1.54, 1.807) is 12.1 Å². The molecular formula is C25H33N5O5S. The lowest BCUT2D eigenvalue weighted by molar-refractivity contribution is -0.119. The number of hydrazone groups is 1. The van der Waals surface area contributed by atoms with Gasteiger partial charge in [0.25, 0.3) is 5.91 Å². The van der Waals surface area contributed by atoms with Gasteiger partial charge in [-0.3, -0.25) is 4.79 Å². The summed E-state index contributed by atoms with van der Waals surface area (Å²) in [7, 11) is -3.81. The van der Waals surface area contributed by atoms with Gasteiger partial charge in [0, 0.05) is 41.3 Å². The molecule has 0 saturated carbocycles. The number of fused-ring (bicyclic) bond motifs is 1. The van der Waals surface area contributed by atoms with Gasteiger partial charge in [-0.05, 0) is 39.0 Å². The molecule has 2 aromatic carbocycles. The normalized spacial score (nSPS) is 13.4. The summed E-state index contributed by atoms with van der Waals surface area (Å²) in [5, 5.41) is 27.8. The minimum atomic E-state index is -3.81. The van der Waals surface area contributed by atoms with Gasteiger partial charge in [-0.25, -0.2) is 18.6 Å².